The lowest BCUT2D eigenvalue weighted by Crippen LogP contribution is -2.27. The summed E-state index contributed by atoms with van der Waals surface area (Å²) in [7, 11) is 0. The number of thiophene rings is 1. The van der Waals surface area contributed by atoms with E-state index in [1.807, 2.05) is 73.7 Å². The summed E-state index contributed by atoms with van der Waals surface area (Å²) >= 11 is 1.63. The fraction of sp³-hybridized carbons (Fsp3) is 0.174. The third kappa shape index (κ3) is 3.36. The maximum absolute atomic E-state index is 12.9. The lowest BCUT2D eigenvalue weighted by atomic mass is 9.95. The van der Waals surface area contributed by atoms with E-state index in [0.29, 0.717) is 11.7 Å². The number of rotatable bonds is 5. The summed E-state index contributed by atoms with van der Waals surface area (Å²) in [4.78, 5) is 19.5. The van der Waals surface area contributed by atoms with Gasteiger partial charge in [0.1, 0.15) is 0 Å². The molecule has 0 bridgehead atoms. The molecule has 29 heavy (non-hydrogen) atoms. The molecular weight excluding hydrogens is 382 g/mol. The van der Waals surface area contributed by atoms with Crippen molar-refractivity contribution in [3.05, 3.63) is 77.2 Å². The van der Waals surface area contributed by atoms with Gasteiger partial charge >= 0.3 is 0 Å². The number of hydrogen-bond donors (Lipinski definition) is 1. The van der Waals surface area contributed by atoms with Crippen LogP contribution in [0.2, 0.25) is 0 Å². The van der Waals surface area contributed by atoms with Crippen LogP contribution in [0.5, 0.6) is 0 Å². The predicted molar refractivity (Wildman–Crippen MR) is 114 cm³/mol. The highest BCUT2D eigenvalue weighted by atomic mass is 32.1. The fourth-order valence-electron chi connectivity index (χ4n) is 3.47. The highest BCUT2D eigenvalue weighted by molar-refractivity contribution is 7.15. The molecule has 1 aliphatic rings. The van der Waals surface area contributed by atoms with Gasteiger partial charge in [-0.25, -0.2) is 0 Å². The number of anilines is 1. The van der Waals surface area contributed by atoms with Crippen LogP contribution in [0.25, 0.3) is 22.2 Å². The van der Waals surface area contributed by atoms with Crippen LogP contribution in [0.4, 0.5) is 5.69 Å². The Labute approximate surface area is 172 Å². The molecule has 1 fully saturated rings. The first kappa shape index (κ1) is 17.8. The number of aryl methyl sites for hydroxylation is 1. The van der Waals surface area contributed by atoms with Gasteiger partial charge in [-0.1, -0.05) is 35.5 Å². The largest absolute Gasteiger partial charge is 0.334 e. The van der Waals surface area contributed by atoms with Crippen molar-refractivity contribution in [3.63, 3.8) is 0 Å². The van der Waals surface area contributed by atoms with Gasteiger partial charge in [-0.05, 0) is 61.7 Å². The van der Waals surface area contributed by atoms with E-state index in [-0.39, 0.29) is 11.3 Å². The topological polar surface area (TPSA) is 68.0 Å². The van der Waals surface area contributed by atoms with Gasteiger partial charge in [-0.3, -0.25) is 4.79 Å². The van der Waals surface area contributed by atoms with Crippen LogP contribution in [-0.2, 0) is 10.2 Å². The number of benzene rings is 2. The molecule has 0 aliphatic heterocycles. The minimum absolute atomic E-state index is 0.0459. The summed E-state index contributed by atoms with van der Waals surface area (Å²) in [5.74, 6) is 1.10. The fourth-order valence-corrected chi connectivity index (χ4v) is 4.26. The molecule has 5 nitrogen and oxygen atoms in total. The monoisotopic (exact) mass is 401 g/mol. The van der Waals surface area contributed by atoms with Crippen molar-refractivity contribution in [2.24, 2.45) is 0 Å². The Morgan fingerprint density at radius 2 is 1.79 bits per heavy atom. The van der Waals surface area contributed by atoms with E-state index in [0.717, 1.165) is 34.5 Å². The quantitative estimate of drug-likeness (QED) is 0.483. The molecule has 2 heterocycles. The van der Waals surface area contributed by atoms with E-state index >= 15 is 0 Å². The number of aromatic nitrogens is 2. The second kappa shape index (κ2) is 6.97. The molecule has 2 aromatic carbocycles. The SMILES string of the molecule is Cc1ccc(-c2noc(-c3ccc(NC(=O)C4(c5ccccc5)CC4)cc3)n2)s1. The molecule has 1 aliphatic carbocycles. The average molecular weight is 401 g/mol. The van der Waals surface area contributed by atoms with Crippen LogP contribution in [0.3, 0.4) is 0 Å². The first-order valence-corrected chi connectivity index (χ1v) is 10.3. The van der Waals surface area contributed by atoms with Gasteiger partial charge in [0, 0.05) is 16.1 Å². The zero-order valence-corrected chi connectivity index (χ0v) is 16.7. The maximum atomic E-state index is 12.9. The summed E-state index contributed by atoms with van der Waals surface area (Å²) in [5, 5.41) is 7.13. The number of amides is 1. The van der Waals surface area contributed by atoms with Crippen LogP contribution in [0.15, 0.2) is 71.3 Å². The van der Waals surface area contributed by atoms with Gasteiger partial charge in [-0.15, -0.1) is 11.3 Å². The van der Waals surface area contributed by atoms with E-state index in [4.69, 9.17) is 4.52 Å². The standard InChI is InChI=1S/C23H19N3O2S/c1-15-7-12-19(29-15)20-25-21(28-26-20)16-8-10-18(11-9-16)24-22(27)23(13-14-23)17-5-3-2-4-6-17/h2-12H,13-14H2,1H3,(H,24,27). The molecule has 144 valence electrons. The highest BCUT2D eigenvalue weighted by Gasteiger charge is 2.51. The lowest BCUT2D eigenvalue weighted by molar-refractivity contribution is -0.118. The van der Waals surface area contributed by atoms with Gasteiger partial charge < -0.3 is 9.84 Å². The average Bonchev–Trinajstić information content (AvgIpc) is 3.22. The van der Waals surface area contributed by atoms with Gasteiger partial charge in [0.05, 0.1) is 10.3 Å². The molecule has 2 aromatic heterocycles. The third-order valence-electron chi connectivity index (χ3n) is 5.29. The van der Waals surface area contributed by atoms with Crippen molar-refractivity contribution >= 4 is 22.9 Å². The minimum atomic E-state index is -0.389. The van der Waals surface area contributed by atoms with E-state index < -0.39 is 0 Å². The van der Waals surface area contributed by atoms with E-state index in [9.17, 15) is 4.79 Å². The normalized spacial score (nSPS) is 14.5. The van der Waals surface area contributed by atoms with Crippen molar-refractivity contribution in [3.8, 4) is 22.2 Å². The third-order valence-corrected chi connectivity index (χ3v) is 6.28. The zero-order valence-electron chi connectivity index (χ0n) is 15.9. The summed E-state index contributed by atoms with van der Waals surface area (Å²) in [6.45, 7) is 2.05. The van der Waals surface area contributed by atoms with Gasteiger partial charge in [0.25, 0.3) is 5.89 Å². The van der Waals surface area contributed by atoms with Crippen molar-refractivity contribution in [2.75, 3.05) is 5.32 Å². The molecule has 0 spiro atoms. The number of nitrogens with one attached hydrogen (secondary N) is 1. The van der Waals surface area contributed by atoms with Crippen molar-refractivity contribution in [2.45, 2.75) is 25.2 Å². The predicted octanol–water partition coefficient (Wildman–Crippen LogP) is 5.44. The summed E-state index contributed by atoms with van der Waals surface area (Å²) < 4.78 is 5.42. The molecule has 0 saturated heterocycles. The molecule has 5 rings (SSSR count). The minimum Gasteiger partial charge on any atom is -0.334 e. The van der Waals surface area contributed by atoms with Crippen LogP contribution in [0.1, 0.15) is 23.3 Å². The summed E-state index contributed by atoms with van der Waals surface area (Å²) in [5.41, 5.74) is 2.27. The van der Waals surface area contributed by atoms with Crippen molar-refractivity contribution < 1.29 is 9.32 Å². The Morgan fingerprint density at radius 3 is 2.45 bits per heavy atom. The summed E-state index contributed by atoms with van der Waals surface area (Å²) in [6.07, 6.45) is 1.77. The molecule has 1 N–H and O–H groups in total. The van der Waals surface area contributed by atoms with Crippen molar-refractivity contribution in [1.82, 2.24) is 10.1 Å². The first-order valence-electron chi connectivity index (χ1n) is 9.52. The number of nitrogens with zero attached hydrogens (tertiary/aromatic N) is 2. The van der Waals surface area contributed by atoms with Crippen LogP contribution in [-0.4, -0.2) is 16.0 Å². The van der Waals surface area contributed by atoms with Gasteiger partial charge in [0.2, 0.25) is 11.7 Å². The Morgan fingerprint density at radius 1 is 1.03 bits per heavy atom. The summed E-state index contributed by atoms with van der Waals surface area (Å²) in [6, 6.07) is 21.5. The Balaban J connectivity index is 1.31. The molecule has 1 amide bonds. The van der Waals surface area contributed by atoms with Crippen LogP contribution < -0.4 is 5.32 Å². The number of carbonyl (C=O) groups is 1. The smallest absolute Gasteiger partial charge is 0.258 e. The molecular formula is C23H19N3O2S. The molecule has 1 saturated carbocycles. The van der Waals surface area contributed by atoms with E-state index in [1.165, 1.54) is 4.88 Å². The maximum Gasteiger partial charge on any atom is 0.258 e. The van der Waals surface area contributed by atoms with Crippen LogP contribution >= 0.6 is 11.3 Å². The first-order chi connectivity index (χ1) is 14.1. The number of carbonyl (C=O) groups excluding carboxylic acids is 1. The molecule has 0 radical (unpaired) electrons. The lowest BCUT2D eigenvalue weighted by Gasteiger charge is -2.15. The van der Waals surface area contributed by atoms with Crippen molar-refractivity contribution in [1.29, 1.82) is 0 Å². The highest BCUT2D eigenvalue weighted by Crippen LogP contribution is 2.48. The van der Waals surface area contributed by atoms with Crippen LogP contribution in [0, 0.1) is 6.92 Å². The second-order valence-electron chi connectivity index (χ2n) is 7.31. The zero-order chi connectivity index (χ0) is 19.8. The molecule has 4 aromatic rings. The number of hydrogen-bond acceptors (Lipinski definition) is 5. The Bertz CT molecular complexity index is 1160. The van der Waals surface area contributed by atoms with E-state index in [1.54, 1.807) is 11.3 Å². The molecule has 6 heteroatoms. The molecule has 0 unspecified atom stereocenters. The van der Waals surface area contributed by atoms with Gasteiger partial charge in [-0.2, -0.15) is 4.98 Å². The van der Waals surface area contributed by atoms with Gasteiger partial charge in [0.15, 0.2) is 0 Å². The van der Waals surface area contributed by atoms with E-state index in [2.05, 4.69) is 15.5 Å². The second-order valence-corrected chi connectivity index (χ2v) is 8.60. The molecule has 0 atom stereocenters. The Hall–Kier alpha value is -3.25. The Kier molecular flexibility index (Phi) is 4.28.